The van der Waals surface area contributed by atoms with Crippen LogP contribution in [0.4, 0.5) is 37.7 Å². The summed E-state index contributed by atoms with van der Waals surface area (Å²) in [5, 5.41) is 24.6. The lowest BCUT2D eigenvalue weighted by Gasteiger charge is -2.16. The van der Waals surface area contributed by atoms with Crippen LogP contribution in [0.15, 0.2) is 42.5 Å². The lowest BCUT2D eigenvalue weighted by molar-refractivity contribution is -0.193. The molecule has 2 aromatic rings. The van der Waals surface area contributed by atoms with E-state index >= 15 is 0 Å². The lowest BCUT2D eigenvalue weighted by Crippen LogP contribution is -2.34. The van der Waals surface area contributed by atoms with E-state index in [2.05, 4.69) is 16.2 Å². The first-order valence-electron chi connectivity index (χ1n) is 12.2. The number of nitrogens with zero attached hydrogens (tertiary/aromatic N) is 1. The third-order valence-electron chi connectivity index (χ3n) is 4.52. The number of ether oxygens (including phenoxy) is 2. The molecule has 0 saturated heterocycles. The van der Waals surface area contributed by atoms with E-state index in [9.17, 15) is 31.1 Å². The fraction of sp³-hybridized carbons (Fsp3) is 0.360. The van der Waals surface area contributed by atoms with Gasteiger partial charge in [0.05, 0.1) is 18.8 Å². The van der Waals surface area contributed by atoms with Crippen molar-refractivity contribution >= 4 is 35.1 Å². The van der Waals surface area contributed by atoms with Gasteiger partial charge in [-0.25, -0.2) is 9.59 Å². The van der Waals surface area contributed by atoms with Crippen LogP contribution in [0.25, 0.3) is 0 Å². The van der Waals surface area contributed by atoms with Crippen molar-refractivity contribution in [3.05, 3.63) is 48.0 Å². The summed E-state index contributed by atoms with van der Waals surface area (Å²) in [6.45, 7) is 3.84. The smallest absolute Gasteiger partial charge is 0.490 e. The van der Waals surface area contributed by atoms with Crippen molar-refractivity contribution < 1.29 is 60.4 Å². The van der Waals surface area contributed by atoms with Gasteiger partial charge in [-0.1, -0.05) is 0 Å². The summed E-state index contributed by atoms with van der Waals surface area (Å²) in [6.07, 6.45) is -10.2. The zero-order chi connectivity index (χ0) is 34.1. The number of nitrogens with one attached hydrogen (secondary N) is 4. The zero-order valence-corrected chi connectivity index (χ0v) is 23.6. The Hall–Kier alpha value is -4.94. The van der Waals surface area contributed by atoms with E-state index in [1.54, 1.807) is 30.3 Å². The van der Waals surface area contributed by atoms with E-state index in [0.717, 1.165) is 12.2 Å². The first kappa shape index (κ1) is 39.1. The number of hydrogen-bond donors (Lipinski definition) is 7. The van der Waals surface area contributed by atoms with E-state index in [-0.39, 0.29) is 18.3 Å². The number of carboxylic acids is 2. The second kappa shape index (κ2) is 18.6. The number of likely N-dealkylation sites (N-methyl/N-ethyl adjacent to an activating group) is 1. The number of benzene rings is 2. The average Bonchev–Trinajstić information content (AvgIpc) is 2.91. The molecule has 246 valence electrons. The van der Waals surface area contributed by atoms with Crippen LogP contribution in [0.2, 0.25) is 0 Å². The summed E-state index contributed by atoms with van der Waals surface area (Å²) < 4.78 is 74.9. The van der Waals surface area contributed by atoms with Crippen LogP contribution >= 0.6 is 0 Å². The Morgan fingerprint density at radius 1 is 0.886 bits per heavy atom. The van der Waals surface area contributed by atoms with Gasteiger partial charge in [0, 0.05) is 23.9 Å². The Morgan fingerprint density at radius 2 is 1.39 bits per heavy atom. The Morgan fingerprint density at radius 3 is 1.82 bits per heavy atom. The number of nitrogen functional groups attached to an aromatic ring is 1. The molecule has 19 heteroatoms. The molecule has 0 radical (unpaired) electrons. The number of rotatable bonds is 12. The minimum atomic E-state index is -5.08. The largest absolute Gasteiger partial charge is 0.490 e. The average molecular weight is 643 g/mol. The number of anilines is 2. The highest BCUT2D eigenvalue weighted by Gasteiger charge is 2.38. The fourth-order valence-electron chi connectivity index (χ4n) is 2.45. The molecule has 0 unspecified atom stereocenters. The number of alkyl halides is 6. The van der Waals surface area contributed by atoms with Gasteiger partial charge >= 0.3 is 24.3 Å². The quantitative estimate of drug-likeness (QED) is 0.0777. The molecule has 0 bridgehead atoms. The van der Waals surface area contributed by atoms with Gasteiger partial charge in [-0.15, -0.1) is 0 Å². The molecule has 0 atom stereocenters. The van der Waals surface area contributed by atoms with E-state index < -0.39 is 24.3 Å². The second-order valence-electron chi connectivity index (χ2n) is 8.37. The number of halogens is 6. The molecule has 8 N–H and O–H groups in total. The Bertz CT molecular complexity index is 1200. The molecular formula is C25H32F6N6O7. The fourth-order valence-corrected chi connectivity index (χ4v) is 2.45. The van der Waals surface area contributed by atoms with Gasteiger partial charge in [0.2, 0.25) is 0 Å². The van der Waals surface area contributed by atoms with Crippen LogP contribution in [0.5, 0.6) is 11.5 Å². The molecule has 13 nitrogen and oxygen atoms in total. The number of amides is 1. The molecule has 0 aliphatic carbocycles. The topological polar surface area (TPSA) is 199 Å². The molecule has 0 spiro atoms. The van der Waals surface area contributed by atoms with Gasteiger partial charge < -0.3 is 35.6 Å². The molecular weight excluding hydrogens is 610 g/mol. The van der Waals surface area contributed by atoms with Crippen LogP contribution in [-0.4, -0.2) is 91.5 Å². The summed E-state index contributed by atoms with van der Waals surface area (Å²) in [5.74, 6) is -4.48. The summed E-state index contributed by atoms with van der Waals surface area (Å²) in [7, 11) is 3.97. The van der Waals surface area contributed by atoms with E-state index in [4.69, 9.17) is 40.4 Å². The highest BCUT2D eigenvalue weighted by Crippen LogP contribution is 2.30. The summed E-state index contributed by atoms with van der Waals surface area (Å²) >= 11 is 0. The molecule has 0 fully saturated rings. The summed E-state index contributed by atoms with van der Waals surface area (Å²) in [6, 6.07) is 12.4. The SMILES string of the molecule is CCOc1cc(NNC(=O)CNc2ccc(C(=N)N)cc2)ccc1OCCN(C)C.O=C(O)C(F)(F)F.O=C(O)C(F)(F)F. The molecule has 0 aliphatic rings. The number of carboxylic acid groups (broad SMARTS) is 2. The standard InChI is InChI=1S/C21H30N6O3.2C2HF3O2/c1-4-29-19-13-17(9-10-18(19)30-12-11-27(2)3)25-26-20(28)14-24-16-7-5-15(6-8-16)21(22)23;2*3-2(4,5)1(6)7/h5-10,13,24-25H,4,11-12,14H2,1-3H3,(H3,22,23)(H,26,28);2*(H,6,7). The predicted octanol–water partition coefficient (Wildman–Crippen LogP) is 3.13. The maximum atomic E-state index is 12.1. The minimum absolute atomic E-state index is 0.00373. The molecule has 0 heterocycles. The number of amidine groups is 1. The third kappa shape index (κ3) is 17.1. The molecule has 2 aromatic carbocycles. The van der Waals surface area contributed by atoms with Crippen LogP contribution in [0.3, 0.4) is 0 Å². The monoisotopic (exact) mass is 642 g/mol. The number of carbonyl (C=O) groups excluding carboxylic acids is 1. The van der Waals surface area contributed by atoms with Gasteiger partial charge in [0.25, 0.3) is 5.91 Å². The van der Waals surface area contributed by atoms with Crippen molar-refractivity contribution in [1.29, 1.82) is 5.41 Å². The first-order valence-corrected chi connectivity index (χ1v) is 12.2. The Kier molecular flexibility index (Phi) is 16.5. The number of hydrogen-bond acceptors (Lipinski definition) is 9. The van der Waals surface area contributed by atoms with Crippen molar-refractivity contribution in [3.63, 3.8) is 0 Å². The molecule has 0 aromatic heterocycles. The van der Waals surface area contributed by atoms with Crippen LogP contribution in [-0.2, 0) is 14.4 Å². The van der Waals surface area contributed by atoms with Gasteiger partial charge in [-0.2, -0.15) is 26.3 Å². The molecule has 2 rings (SSSR count). The van der Waals surface area contributed by atoms with Crippen molar-refractivity contribution in [1.82, 2.24) is 10.3 Å². The predicted molar refractivity (Wildman–Crippen MR) is 147 cm³/mol. The van der Waals surface area contributed by atoms with Crippen LogP contribution in [0.1, 0.15) is 12.5 Å². The molecule has 0 saturated carbocycles. The first-order chi connectivity index (χ1) is 20.3. The Balaban J connectivity index is 0.00000109. The maximum absolute atomic E-state index is 12.1. The summed E-state index contributed by atoms with van der Waals surface area (Å²) in [5.41, 5.74) is 13.0. The van der Waals surface area contributed by atoms with E-state index in [1.165, 1.54) is 0 Å². The highest BCUT2D eigenvalue weighted by molar-refractivity contribution is 5.95. The maximum Gasteiger partial charge on any atom is 0.490 e. The van der Waals surface area contributed by atoms with Gasteiger partial charge in [0.15, 0.2) is 11.5 Å². The van der Waals surface area contributed by atoms with Gasteiger partial charge in [-0.3, -0.25) is 21.1 Å². The van der Waals surface area contributed by atoms with Crippen molar-refractivity contribution in [2.24, 2.45) is 5.73 Å². The number of hydrazine groups is 1. The number of nitrogens with two attached hydrogens (primary N) is 1. The molecule has 0 aliphatic heterocycles. The highest BCUT2D eigenvalue weighted by atomic mass is 19.4. The Labute approximate surface area is 247 Å². The van der Waals surface area contributed by atoms with E-state index in [0.29, 0.717) is 36.0 Å². The van der Waals surface area contributed by atoms with Crippen molar-refractivity contribution in [2.45, 2.75) is 19.3 Å². The van der Waals surface area contributed by atoms with Gasteiger partial charge in [-0.05, 0) is 57.4 Å². The van der Waals surface area contributed by atoms with Gasteiger partial charge in [0.1, 0.15) is 12.4 Å². The molecule has 1 amide bonds. The lowest BCUT2D eigenvalue weighted by atomic mass is 10.2. The number of aliphatic carboxylic acids is 2. The zero-order valence-electron chi connectivity index (χ0n) is 23.6. The van der Waals surface area contributed by atoms with Crippen LogP contribution in [0, 0.1) is 5.41 Å². The molecule has 44 heavy (non-hydrogen) atoms. The van der Waals surface area contributed by atoms with Crippen molar-refractivity contribution in [2.75, 3.05) is 51.1 Å². The third-order valence-corrected chi connectivity index (χ3v) is 4.52. The normalized spacial score (nSPS) is 10.7. The summed E-state index contributed by atoms with van der Waals surface area (Å²) in [4.78, 5) is 31.9. The minimum Gasteiger partial charge on any atom is -0.490 e. The van der Waals surface area contributed by atoms with Crippen molar-refractivity contribution in [3.8, 4) is 11.5 Å². The van der Waals surface area contributed by atoms with E-state index in [1.807, 2.05) is 38.1 Å². The second-order valence-corrected chi connectivity index (χ2v) is 8.37. The van der Waals surface area contributed by atoms with Crippen LogP contribution < -0.4 is 31.4 Å². The number of carbonyl (C=O) groups is 3.